The van der Waals surface area contributed by atoms with E-state index in [9.17, 15) is 9.59 Å². The summed E-state index contributed by atoms with van der Waals surface area (Å²) in [6, 6.07) is 7.36. The Morgan fingerprint density at radius 1 is 1.05 bits per heavy atom. The third kappa shape index (κ3) is 3.77. The number of aliphatic imine (C=N–C) groups is 1. The van der Waals surface area contributed by atoms with Crippen molar-refractivity contribution in [2.24, 2.45) is 4.99 Å². The second-order valence-corrected chi connectivity index (χ2v) is 3.76. The number of ether oxygens (including phenoxy) is 2. The van der Waals surface area contributed by atoms with Gasteiger partial charge < -0.3 is 9.47 Å². The lowest BCUT2D eigenvalue weighted by molar-refractivity contribution is -0.138. The summed E-state index contributed by atoms with van der Waals surface area (Å²) in [5.74, 6) is -1.72. The van der Waals surface area contributed by atoms with Crippen LogP contribution in [-0.4, -0.2) is 31.9 Å². The predicted molar refractivity (Wildman–Crippen MR) is 71.7 cm³/mol. The molecular formula is C14H15NO4. The monoisotopic (exact) mass is 261 g/mol. The number of hydrogen-bond acceptors (Lipinski definition) is 5. The van der Waals surface area contributed by atoms with Crippen LogP contribution in [0.5, 0.6) is 0 Å². The highest BCUT2D eigenvalue weighted by atomic mass is 16.5. The van der Waals surface area contributed by atoms with E-state index < -0.39 is 17.7 Å². The molecule has 0 amide bonds. The van der Waals surface area contributed by atoms with Crippen LogP contribution < -0.4 is 0 Å². The summed E-state index contributed by atoms with van der Waals surface area (Å²) in [4.78, 5) is 26.8. The maximum atomic E-state index is 11.4. The van der Waals surface area contributed by atoms with Gasteiger partial charge in [-0.05, 0) is 12.5 Å². The molecule has 0 saturated carbocycles. The fourth-order valence-electron chi connectivity index (χ4n) is 1.31. The van der Waals surface area contributed by atoms with E-state index in [1.54, 1.807) is 12.1 Å². The van der Waals surface area contributed by atoms with Gasteiger partial charge in [-0.15, -0.1) is 0 Å². The largest absolute Gasteiger partial charge is 0.464 e. The van der Waals surface area contributed by atoms with E-state index >= 15 is 0 Å². The standard InChI is InChI=1S/C14H15NO4/c1-9-5-7-11(8-6-9)10(2)15-12(13(16)18-3)14(17)19-4/h5-8H,2H2,1,3-4H3. The highest BCUT2D eigenvalue weighted by Crippen LogP contribution is 2.15. The van der Waals surface area contributed by atoms with Crippen LogP contribution in [-0.2, 0) is 19.1 Å². The molecule has 1 aromatic rings. The normalized spacial score (nSPS) is 9.42. The van der Waals surface area contributed by atoms with Crippen LogP contribution in [0.15, 0.2) is 35.8 Å². The third-order valence-electron chi connectivity index (χ3n) is 2.39. The number of rotatable bonds is 4. The molecule has 0 atom stereocenters. The zero-order valence-electron chi connectivity index (χ0n) is 11.1. The number of carbonyl (C=O) groups excluding carboxylic acids is 2. The van der Waals surface area contributed by atoms with E-state index in [2.05, 4.69) is 21.0 Å². The van der Waals surface area contributed by atoms with E-state index in [0.29, 0.717) is 5.56 Å². The topological polar surface area (TPSA) is 65.0 Å². The fraction of sp³-hybridized carbons (Fsp3) is 0.214. The molecule has 0 aromatic heterocycles. The molecule has 1 rings (SSSR count). The molecule has 0 saturated heterocycles. The van der Waals surface area contributed by atoms with E-state index in [-0.39, 0.29) is 5.70 Å². The van der Waals surface area contributed by atoms with Crippen molar-refractivity contribution in [3.05, 3.63) is 42.0 Å². The molecule has 0 fully saturated rings. The molecule has 0 aliphatic rings. The van der Waals surface area contributed by atoms with Crippen LogP contribution >= 0.6 is 0 Å². The molecule has 0 heterocycles. The van der Waals surface area contributed by atoms with Crippen LogP contribution in [0.4, 0.5) is 0 Å². The smallest absolute Gasteiger partial charge is 0.364 e. The van der Waals surface area contributed by atoms with Crippen molar-refractivity contribution in [2.45, 2.75) is 6.92 Å². The molecule has 1 aromatic carbocycles. The minimum atomic E-state index is -0.861. The van der Waals surface area contributed by atoms with Gasteiger partial charge in [0, 0.05) is 0 Å². The first-order chi connectivity index (χ1) is 8.99. The Morgan fingerprint density at radius 2 is 1.53 bits per heavy atom. The number of nitrogens with zero attached hydrogens (tertiary/aromatic N) is 1. The third-order valence-corrected chi connectivity index (χ3v) is 2.39. The van der Waals surface area contributed by atoms with Gasteiger partial charge in [0.2, 0.25) is 5.71 Å². The van der Waals surface area contributed by atoms with Crippen molar-refractivity contribution in [1.82, 2.24) is 0 Å². The number of carbonyl (C=O) groups is 2. The van der Waals surface area contributed by atoms with Gasteiger partial charge in [0.1, 0.15) is 0 Å². The number of hydrogen-bond donors (Lipinski definition) is 0. The van der Waals surface area contributed by atoms with Gasteiger partial charge in [-0.25, -0.2) is 14.6 Å². The minimum absolute atomic E-state index is 0.283. The first kappa shape index (κ1) is 14.6. The molecule has 0 aliphatic heterocycles. The Labute approximate surface area is 111 Å². The lowest BCUT2D eigenvalue weighted by Gasteiger charge is -2.05. The van der Waals surface area contributed by atoms with Gasteiger partial charge in [-0.1, -0.05) is 36.4 Å². The first-order valence-electron chi connectivity index (χ1n) is 5.51. The van der Waals surface area contributed by atoms with Crippen molar-refractivity contribution in [2.75, 3.05) is 14.2 Å². The van der Waals surface area contributed by atoms with E-state index in [0.717, 1.165) is 19.8 Å². The quantitative estimate of drug-likeness (QED) is 0.470. The van der Waals surface area contributed by atoms with E-state index in [1.807, 2.05) is 19.1 Å². The van der Waals surface area contributed by atoms with Crippen molar-refractivity contribution in [3.8, 4) is 0 Å². The zero-order chi connectivity index (χ0) is 14.4. The van der Waals surface area contributed by atoms with Crippen molar-refractivity contribution >= 4 is 23.3 Å². The summed E-state index contributed by atoms with van der Waals surface area (Å²) in [6.45, 7) is 5.67. The summed E-state index contributed by atoms with van der Waals surface area (Å²) in [7, 11) is 2.32. The summed E-state index contributed by atoms with van der Waals surface area (Å²) >= 11 is 0. The molecule has 19 heavy (non-hydrogen) atoms. The van der Waals surface area contributed by atoms with Crippen LogP contribution in [0, 0.1) is 6.92 Å². The van der Waals surface area contributed by atoms with Gasteiger partial charge in [-0.2, -0.15) is 0 Å². The average Bonchev–Trinajstić information content (AvgIpc) is 2.43. The average molecular weight is 261 g/mol. The number of esters is 2. The maximum Gasteiger partial charge on any atom is 0.364 e. The second kappa shape index (κ2) is 6.49. The summed E-state index contributed by atoms with van der Waals surface area (Å²) in [6.07, 6.45) is 0. The van der Waals surface area contributed by atoms with Crippen LogP contribution in [0.1, 0.15) is 11.1 Å². The molecule has 0 aliphatic carbocycles. The lowest BCUT2D eigenvalue weighted by Crippen LogP contribution is -2.26. The molecule has 0 spiro atoms. The van der Waals surface area contributed by atoms with Crippen molar-refractivity contribution in [3.63, 3.8) is 0 Å². The number of benzene rings is 1. The highest BCUT2D eigenvalue weighted by molar-refractivity contribution is 6.63. The predicted octanol–water partition coefficient (Wildman–Crippen LogP) is 1.75. The fourth-order valence-corrected chi connectivity index (χ4v) is 1.31. The Hall–Kier alpha value is -2.43. The zero-order valence-corrected chi connectivity index (χ0v) is 11.1. The first-order valence-corrected chi connectivity index (χ1v) is 5.51. The minimum Gasteiger partial charge on any atom is -0.464 e. The molecule has 100 valence electrons. The second-order valence-electron chi connectivity index (χ2n) is 3.76. The number of aryl methyl sites for hydroxylation is 1. The Morgan fingerprint density at radius 3 is 1.95 bits per heavy atom. The molecule has 0 bridgehead atoms. The van der Waals surface area contributed by atoms with Gasteiger partial charge in [0.05, 0.1) is 19.9 Å². The Bertz CT molecular complexity index is 511. The molecule has 0 N–H and O–H groups in total. The van der Waals surface area contributed by atoms with Crippen LogP contribution in [0.2, 0.25) is 0 Å². The SMILES string of the molecule is C=C(N=C(C(=O)OC)C(=O)OC)c1ccc(C)cc1. The molecule has 0 unspecified atom stereocenters. The number of methoxy groups -OCH3 is 2. The molecule has 5 nitrogen and oxygen atoms in total. The van der Waals surface area contributed by atoms with E-state index in [4.69, 9.17) is 0 Å². The van der Waals surface area contributed by atoms with Gasteiger partial charge in [-0.3, -0.25) is 0 Å². The van der Waals surface area contributed by atoms with Crippen LogP contribution in [0.25, 0.3) is 5.70 Å². The molecule has 5 heteroatoms. The van der Waals surface area contributed by atoms with E-state index in [1.165, 1.54) is 0 Å². The van der Waals surface area contributed by atoms with Gasteiger partial charge >= 0.3 is 11.9 Å². The molecule has 0 radical (unpaired) electrons. The van der Waals surface area contributed by atoms with Crippen LogP contribution in [0.3, 0.4) is 0 Å². The maximum absolute atomic E-state index is 11.4. The van der Waals surface area contributed by atoms with Gasteiger partial charge in [0.15, 0.2) is 0 Å². The summed E-state index contributed by atoms with van der Waals surface area (Å²) < 4.78 is 8.96. The van der Waals surface area contributed by atoms with Crippen molar-refractivity contribution < 1.29 is 19.1 Å². The Balaban J connectivity index is 3.08. The Kier molecular flexibility index (Phi) is 5.00. The lowest BCUT2D eigenvalue weighted by atomic mass is 10.1. The summed E-state index contributed by atoms with van der Waals surface area (Å²) in [5, 5.41) is 0. The van der Waals surface area contributed by atoms with Crippen molar-refractivity contribution in [1.29, 1.82) is 0 Å². The summed E-state index contributed by atoms with van der Waals surface area (Å²) in [5.41, 5.74) is 1.64. The molecular weight excluding hydrogens is 246 g/mol. The highest BCUT2D eigenvalue weighted by Gasteiger charge is 2.22. The van der Waals surface area contributed by atoms with Gasteiger partial charge in [0.25, 0.3) is 0 Å².